The Labute approximate surface area is 123 Å². The van der Waals surface area contributed by atoms with Crippen molar-refractivity contribution >= 4 is 5.97 Å². The number of aromatic nitrogens is 1. The van der Waals surface area contributed by atoms with E-state index in [4.69, 9.17) is 4.74 Å². The second-order valence-electron chi connectivity index (χ2n) is 4.63. The first-order valence-electron chi connectivity index (χ1n) is 6.69. The molecule has 0 bridgehead atoms. The van der Waals surface area contributed by atoms with Crippen LogP contribution >= 0.6 is 0 Å². The lowest BCUT2D eigenvalue weighted by Crippen LogP contribution is -2.38. The minimum absolute atomic E-state index is 0.376. The molecule has 2 N–H and O–H groups in total. The normalized spacial score (nSPS) is 11.9. The molecular formula is C16H18N2O3. The number of pyridine rings is 1. The van der Waals surface area contributed by atoms with Crippen LogP contribution in [-0.4, -0.2) is 29.2 Å². The highest BCUT2D eigenvalue weighted by atomic mass is 16.5. The summed E-state index contributed by atoms with van der Waals surface area (Å²) < 4.78 is 5.05. The summed E-state index contributed by atoms with van der Waals surface area (Å²) >= 11 is 0. The number of benzene rings is 1. The monoisotopic (exact) mass is 286 g/mol. The maximum Gasteiger partial charge on any atom is 0.321 e. The number of nitrogens with one attached hydrogen (secondary N) is 1. The molecule has 0 fully saturated rings. The summed E-state index contributed by atoms with van der Waals surface area (Å²) in [6.45, 7) is 0.376. The molecular weight excluding hydrogens is 268 g/mol. The predicted molar refractivity (Wildman–Crippen MR) is 79.2 cm³/mol. The molecule has 0 saturated carbocycles. The Balaban J connectivity index is 1.98. The number of methoxy groups -OCH3 is 1. The fraction of sp³-hybridized carbons (Fsp3) is 0.250. The Kier molecular flexibility index (Phi) is 5.29. The molecule has 21 heavy (non-hydrogen) atoms. The third kappa shape index (κ3) is 4.57. The average Bonchev–Trinajstić information content (AvgIpc) is 2.52. The van der Waals surface area contributed by atoms with Crippen molar-refractivity contribution in [3.8, 4) is 5.88 Å². The minimum atomic E-state index is -0.873. The second-order valence-corrected chi connectivity index (χ2v) is 4.63. The summed E-state index contributed by atoms with van der Waals surface area (Å²) in [5, 5.41) is 12.3. The van der Waals surface area contributed by atoms with Crippen LogP contribution < -0.4 is 10.1 Å². The summed E-state index contributed by atoms with van der Waals surface area (Å²) in [7, 11) is 1.55. The van der Waals surface area contributed by atoms with E-state index in [2.05, 4.69) is 10.3 Å². The van der Waals surface area contributed by atoms with E-state index in [1.807, 2.05) is 42.5 Å². The van der Waals surface area contributed by atoms with Crippen LogP contribution in [0.4, 0.5) is 0 Å². The van der Waals surface area contributed by atoms with Crippen LogP contribution in [0, 0.1) is 0 Å². The van der Waals surface area contributed by atoms with Crippen LogP contribution in [-0.2, 0) is 17.8 Å². The van der Waals surface area contributed by atoms with Gasteiger partial charge in [0.1, 0.15) is 6.04 Å². The first kappa shape index (κ1) is 15.0. The molecule has 1 heterocycles. The van der Waals surface area contributed by atoms with E-state index in [1.165, 1.54) is 0 Å². The number of carboxylic acid groups (broad SMARTS) is 1. The molecule has 0 saturated heterocycles. The molecule has 1 atom stereocenters. The molecule has 5 heteroatoms. The highest BCUT2D eigenvalue weighted by molar-refractivity contribution is 5.73. The van der Waals surface area contributed by atoms with Gasteiger partial charge in [0.25, 0.3) is 0 Å². The number of carboxylic acids is 1. The van der Waals surface area contributed by atoms with Gasteiger partial charge in [-0.2, -0.15) is 0 Å². The molecule has 5 nitrogen and oxygen atoms in total. The van der Waals surface area contributed by atoms with Crippen molar-refractivity contribution in [2.75, 3.05) is 7.11 Å². The third-order valence-electron chi connectivity index (χ3n) is 3.10. The largest absolute Gasteiger partial charge is 0.481 e. The van der Waals surface area contributed by atoms with Crippen molar-refractivity contribution in [2.24, 2.45) is 0 Å². The number of carbonyl (C=O) groups is 1. The van der Waals surface area contributed by atoms with Gasteiger partial charge in [-0.15, -0.1) is 0 Å². The lowest BCUT2D eigenvalue weighted by atomic mass is 10.1. The minimum Gasteiger partial charge on any atom is -0.481 e. The predicted octanol–water partition coefficient (Wildman–Crippen LogP) is 1.88. The van der Waals surface area contributed by atoms with Crippen LogP contribution in [0.25, 0.3) is 0 Å². The fourth-order valence-corrected chi connectivity index (χ4v) is 1.99. The summed E-state index contributed by atoms with van der Waals surface area (Å²) in [6.07, 6.45) is 0.431. The van der Waals surface area contributed by atoms with Crippen molar-refractivity contribution in [1.82, 2.24) is 10.3 Å². The summed E-state index contributed by atoms with van der Waals surface area (Å²) in [4.78, 5) is 15.6. The molecule has 1 aromatic heterocycles. The van der Waals surface area contributed by atoms with Gasteiger partial charge in [-0.3, -0.25) is 10.1 Å². The summed E-state index contributed by atoms with van der Waals surface area (Å²) in [6, 6.07) is 14.3. The van der Waals surface area contributed by atoms with Gasteiger partial charge in [-0.25, -0.2) is 4.98 Å². The van der Waals surface area contributed by atoms with Crippen LogP contribution in [0.5, 0.6) is 5.88 Å². The summed E-state index contributed by atoms with van der Waals surface area (Å²) in [5.74, 6) is -0.356. The first-order valence-corrected chi connectivity index (χ1v) is 6.69. The van der Waals surface area contributed by atoms with E-state index < -0.39 is 12.0 Å². The van der Waals surface area contributed by atoms with Gasteiger partial charge in [0.15, 0.2) is 0 Å². The Morgan fingerprint density at radius 3 is 2.67 bits per heavy atom. The maximum absolute atomic E-state index is 11.3. The van der Waals surface area contributed by atoms with E-state index in [9.17, 15) is 9.90 Å². The van der Waals surface area contributed by atoms with Gasteiger partial charge in [0.2, 0.25) is 5.88 Å². The lowest BCUT2D eigenvalue weighted by molar-refractivity contribution is -0.139. The van der Waals surface area contributed by atoms with E-state index in [1.54, 1.807) is 13.2 Å². The van der Waals surface area contributed by atoms with Gasteiger partial charge in [-0.05, 0) is 18.1 Å². The smallest absolute Gasteiger partial charge is 0.321 e. The SMILES string of the molecule is COc1cccc(CN[C@@H](Cc2ccccc2)C(=O)O)n1. The molecule has 1 aromatic carbocycles. The number of aliphatic carboxylic acids is 1. The average molecular weight is 286 g/mol. The highest BCUT2D eigenvalue weighted by Gasteiger charge is 2.17. The zero-order valence-electron chi connectivity index (χ0n) is 11.8. The van der Waals surface area contributed by atoms with Gasteiger partial charge in [0, 0.05) is 12.6 Å². The third-order valence-corrected chi connectivity index (χ3v) is 3.10. The number of nitrogens with zero attached hydrogens (tertiary/aromatic N) is 1. The molecule has 0 spiro atoms. The molecule has 2 rings (SSSR count). The first-order chi connectivity index (χ1) is 10.2. The Hall–Kier alpha value is -2.40. The second kappa shape index (κ2) is 7.40. The number of hydrogen-bond donors (Lipinski definition) is 2. The van der Waals surface area contributed by atoms with Crippen LogP contribution in [0.1, 0.15) is 11.3 Å². The van der Waals surface area contributed by atoms with Gasteiger partial charge < -0.3 is 9.84 Å². The van der Waals surface area contributed by atoms with E-state index in [0.717, 1.165) is 11.3 Å². The van der Waals surface area contributed by atoms with Crippen LogP contribution in [0.15, 0.2) is 48.5 Å². The molecule has 0 radical (unpaired) electrons. The van der Waals surface area contributed by atoms with Crippen LogP contribution in [0.2, 0.25) is 0 Å². The molecule has 110 valence electrons. The lowest BCUT2D eigenvalue weighted by Gasteiger charge is -2.14. The molecule has 0 aliphatic rings. The van der Waals surface area contributed by atoms with Crippen LogP contribution in [0.3, 0.4) is 0 Å². The van der Waals surface area contributed by atoms with Crippen molar-refractivity contribution in [1.29, 1.82) is 0 Å². The molecule has 2 aromatic rings. The molecule has 0 aliphatic carbocycles. The quantitative estimate of drug-likeness (QED) is 0.813. The number of hydrogen-bond acceptors (Lipinski definition) is 4. The van der Waals surface area contributed by atoms with Gasteiger partial charge in [0.05, 0.1) is 12.8 Å². The highest BCUT2D eigenvalue weighted by Crippen LogP contribution is 2.08. The van der Waals surface area contributed by atoms with Crippen molar-refractivity contribution < 1.29 is 14.6 Å². The molecule has 0 aliphatic heterocycles. The topological polar surface area (TPSA) is 71.5 Å². The Morgan fingerprint density at radius 1 is 1.24 bits per heavy atom. The zero-order valence-corrected chi connectivity index (χ0v) is 11.8. The van der Waals surface area contributed by atoms with E-state index in [0.29, 0.717) is 18.8 Å². The maximum atomic E-state index is 11.3. The van der Waals surface area contributed by atoms with E-state index in [-0.39, 0.29) is 0 Å². The van der Waals surface area contributed by atoms with Crippen molar-refractivity contribution in [3.05, 3.63) is 59.8 Å². The Morgan fingerprint density at radius 2 is 2.00 bits per heavy atom. The van der Waals surface area contributed by atoms with Gasteiger partial charge >= 0.3 is 5.97 Å². The van der Waals surface area contributed by atoms with E-state index >= 15 is 0 Å². The van der Waals surface area contributed by atoms with Crippen molar-refractivity contribution in [2.45, 2.75) is 19.0 Å². The fourth-order valence-electron chi connectivity index (χ4n) is 1.99. The standard InChI is InChI=1S/C16H18N2O3/c1-21-15-9-5-8-13(18-15)11-17-14(16(19)20)10-12-6-3-2-4-7-12/h2-9,14,17H,10-11H2,1H3,(H,19,20)/t14-/m0/s1. The molecule has 0 amide bonds. The Bertz CT molecular complexity index is 587. The molecule has 0 unspecified atom stereocenters. The summed E-state index contributed by atoms with van der Waals surface area (Å²) in [5.41, 5.74) is 1.73. The van der Waals surface area contributed by atoms with Crippen molar-refractivity contribution in [3.63, 3.8) is 0 Å². The van der Waals surface area contributed by atoms with Gasteiger partial charge in [-0.1, -0.05) is 36.4 Å². The number of rotatable bonds is 7. The number of ether oxygens (including phenoxy) is 1. The zero-order chi connectivity index (χ0) is 15.1.